The smallest absolute Gasteiger partial charge is 0.303 e. The SMILES string of the molecule is C=C(C)C(=Cc1ccccc1)CCC(=O)O. The first-order valence-corrected chi connectivity index (χ1v) is 5.23. The first-order valence-electron chi connectivity index (χ1n) is 5.23. The van der Waals surface area contributed by atoms with Crippen LogP contribution in [0.2, 0.25) is 0 Å². The molecule has 0 heterocycles. The Morgan fingerprint density at radius 3 is 2.44 bits per heavy atom. The molecule has 0 radical (unpaired) electrons. The van der Waals surface area contributed by atoms with Crippen molar-refractivity contribution in [1.82, 2.24) is 0 Å². The molecule has 1 N–H and O–H groups in total. The molecule has 0 saturated carbocycles. The van der Waals surface area contributed by atoms with E-state index in [2.05, 4.69) is 6.58 Å². The van der Waals surface area contributed by atoms with Crippen molar-refractivity contribution in [3.8, 4) is 0 Å². The summed E-state index contributed by atoms with van der Waals surface area (Å²) in [6, 6.07) is 9.85. The molecular weight excluding hydrogens is 200 g/mol. The highest BCUT2D eigenvalue weighted by molar-refractivity contribution is 5.68. The molecule has 0 aliphatic rings. The number of benzene rings is 1. The van der Waals surface area contributed by atoms with Crippen molar-refractivity contribution in [3.05, 3.63) is 53.6 Å². The Morgan fingerprint density at radius 1 is 1.31 bits per heavy atom. The lowest BCUT2D eigenvalue weighted by Crippen LogP contribution is -1.96. The lowest BCUT2D eigenvalue weighted by molar-refractivity contribution is -0.136. The fraction of sp³-hybridized carbons (Fsp3) is 0.214. The predicted octanol–water partition coefficient (Wildman–Crippen LogP) is 3.51. The standard InChI is InChI=1S/C14H16O2/c1-11(2)13(8-9-14(15)16)10-12-6-4-3-5-7-12/h3-7,10H,1,8-9H2,2H3,(H,15,16). The zero-order chi connectivity index (χ0) is 12.0. The van der Waals surface area contributed by atoms with Gasteiger partial charge in [-0.3, -0.25) is 4.79 Å². The van der Waals surface area contributed by atoms with E-state index < -0.39 is 5.97 Å². The van der Waals surface area contributed by atoms with Crippen LogP contribution in [0.1, 0.15) is 25.3 Å². The van der Waals surface area contributed by atoms with Gasteiger partial charge in [-0.1, -0.05) is 48.6 Å². The third kappa shape index (κ3) is 4.13. The zero-order valence-corrected chi connectivity index (χ0v) is 9.44. The number of rotatable bonds is 5. The predicted molar refractivity (Wildman–Crippen MR) is 66.1 cm³/mol. The lowest BCUT2D eigenvalue weighted by Gasteiger charge is -2.05. The lowest BCUT2D eigenvalue weighted by atomic mass is 10.0. The normalized spacial score (nSPS) is 11.2. The van der Waals surface area contributed by atoms with E-state index in [4.69, 9.17) is 5.11 Å². The van der Waals surface area contributed by atoms with Crippen molar-refractivity contribution in [1.29, 1.82) is 0 Å². The van der Waals surface area contributed by atoms with E-state index in [1.165, 1.54) is 0 Å². The molecule has 1 aromatic rings. The Hall–Kier alpha value is -1.83. The second kappa shape index (κ2) is 5.91. The molecule has 0 unspecified atom stereocenters. The number of carboxylic acid groups (broad SMARTS) is 1. The number of carboxylic acids is 1. The molecule has 0 amide bonds. The van der Waals surface area contributed by atoms with Crippen molar-refractivity contribution in [2.45, 2.75) is 19.8 Å². The second-order valence-electron chi connectivity index (χ2n) is 3.75. The fourth-order valence-corrected chi connectivity index (χ4v) is 1.40. The van der Waals surface area contributed by atoms with E-state index >= 15 is 0 Å². The first-order chi connectivity index (χ1) is 7.59. The first kappa shape index (κ1) is 12.2. The van der Waals surface area contributed by atoms with Gasteiger partial charge in [0.15, 0.2) is 0 Å². The Bertz CT molecular complexity index is 402. The van der Waals surface area contributed by atoms with Crippen molar-refractivity contribution in [3.63, 3.8) is 0 Å². The minimum absolute atomic E-state index is 0.144. The summed E-state index contributed by atoms with van der Waals surface area (Å²) < 4.78 is 0. The maximum atomic E-state index is 10.5. The molecule has 0 spiro atoms. The van der Waals surface area contributed by atoms with Crippen LogP contribution < -0.4 is 0 Å². The summed E-state index contributed by atoms with van der Waals surface area (Å²) in [5.74, 6) is -0.778. The van der Waals surface area contributed by atoms with Gasteiger partial charge >= 0.3 is 5.97 Å². The van der Waals surface area contributed by atoms with E-state index in [0.29, 0.717) is 6.42 Å². The Morgan fingerprint density at radius 2 is 1.94 bits per heavy atom. The topological polar surface area (TPSA) is 37.3 Å². The van der Waals surface area contributed by atoms with Gasteiger partial charge in [0.1, 0.15) is 0 Å². The van der Waals surface area contributed by atoms with Crippen LogP contribution in [-0.2, 0) is 4.79 Å². The quantitative estimate of drug-likeness (QED) is 0.765. The van der Waals surface area contributed by atoms with E-state index in [1.54, 1.807) is 0 Å². The van der Waals surface area contributed by atoms with E-state index in [9.17, 15) is 4.79 Å². The Labute approximate surface area is 95.9 Å². The van der Waals surface area contributed by atoms with Crippen molar-refractivity contribution >= 4 is 12.0 Å². The monoisotopic (exact) mass is 216 g/mol. The highest BCUT2D eigenvalue weighted by Gasteiger charge is 2.03. The van der Waals surface area contributed by atoms with Crippen LogP contribution in [0.5, 0.6) is 0 Å². The van der Waals surface area contributed by atoms with Crippen LogP contribution in [0.3, 0.4) is 0 Å². The molecule has 0 bridgehead atoms. The summed E-state index contributed by atoms with van der Waals surface area (Å²) in [5.41, 5.74) is 2.99. The van der Waals surface area contributed by atoms with Gasteiger partial charge in [-0.05, 0) is 24.5 Å². The molecule has 2 nitrogen and oxygen atoms in total. The highest BCUT2D eigenvalue weighted by Crippen LogP contribution is 2.18. The molecule has 84 valence electrons. The van der Waals surface area contributed by atoms with Gasteiger partial charge in [-0.15, -0.1) is 0 Å². The number of aliphatic carboxylic acids is 1. The van der Waals surface area contributed by atoms with Gasteiger partial charge in [0.2, 0.25) is 0 Å². The molecule has 0 aromatic heterocycles. The summed E-state index contributed by atoms with van der Waals surface area (Å²) in [4.78, 5) is 10.5. The minimum Gasteiger partial charge on any atom is -0.481 e. The molecule has 0 fully saturated rings. The van der Waals surface area contributed by atoms with Crippen LogP contribution in [0.4, 0.5) is 0 Å². The molecule has 16 heavy (non-hydrogen) atoms. The zero-order valence-electron chi connectivity index (χ0n) is 9.44. The number of hydrogen-bond donors (Lipinski definition) is 1. The molecule has 0 aliphatic carbocycles. The minimum atomic E-state index is -0.778. The van der Waals surface area contributed by atoms with E-state index in [1.807, 2.05) is 43.3 Å². The number of hydrogen-bond acceptors (Lipinski definition) is 1. The van der Waals surface area contributed by atoms with Gasteiger partial charge in [-0.2, -0.15) is 0 Å². The van der Waals surface area contributed by atoms with Gasteiger partial charge < -0.3 is 5.11 Å². The summed E-state index contributed by atoms with van der Waals surface area (Å²) in [7, 11) is 0. The maximum Gasteiger partial charge on any atom is 0.303 e. The average Bonchev–Trinajstić information content (AvgIpc) is 2.25. The van der Waals surface area contributed by atoms with Gasteiger partial charge in [0.05, 0.1) is 0 Å². The summed E-state index contributed by atoms with van der Waals surface area (Å²) >= 11 is 0. The van der Waals surface area contributed by atoms with E-state index in [0.717, 1.165) is 16.7 Å². The van der Waals surface area contributed by atoms with Crippen molar-refractivity contribution < 1.29 is 9.90 Å². The third-order valence-electron chi connectivity index (χ3n) is 2.30. The van der Waals surface area contributed by atoms with Crippen molar-refractivity contribution in [2.24, 2.45) is 0 Å². The second-order valence-corrected chi connectivity index (χ2v) is 3.75. The van der Waals surface area contributed by atoms with Crippen LogP contribution in [0, 0.1) is 0 Å². The number of allylic oxidation sites excluding steroid dienone is 2. The van der Waals surface area contributed by atoms with Crippen LogP contribution in [0.15, 0.2) is 48.1 Å². The van der Waals surface area contributed by atoms with Gasteiger partial charge in [0, 0.05) is 6.42 Å². The van der Waals surface area contributed by atoms with Crippen LogP contribution in [0.25, 0.3) is 6.08 Å². The average molecular weight is 216 g/mol. The van der Waals surface area contributed by atoms with Crippen LogP contribution >= 0.6 is 0 Å². The summed E-state index contributed by atoms with van der Waals surface area (Å²) in [6.07, 6.45) is 2.66. The third-order valence-corrected chi connectivity index (χ3v) is 2.30. The summed E-state index contributed by atoms with van der Waals surface area (Å²) in [5, 5.41) is 8.65. The van der Waals surface area contributed by atoms with E-state index in [-0.39, 0.29) is 6.42 Å². The maximum absolute atomic E-state index is 10.5. The Balaban J connectivity index is 2.81. The van der Waals surface area contributed by atoms with Crippen LogP contribution in [-0.4, -0.2) is 11.1 Å². The molecule has 1 aromatic carbocycles. The molecule has 1 rings (SSSR count). The van der Waals surface area contributed by atoms with Crippen molar-refractivity contribution in [2.75, 3.05) is 0 Å². The Kier molecular flexibility index (Phi) is 4.52. The molecular formula is C14H16O2. The molecule has 0 saturated heterocycles. The molecule has 0 atom stereocenters. The van der Waals surface area contributed by atoms with Gasteiger partial charge in [-0.25, -0.2) is 0 Å². The molecule has 0 aliphatic heterocycles. The highest BCUT2D eigenvalue weighted by atomic mass is 16.4. The number of carbonyl (C=O) groups is 1. The summed E-state index contributed by atoms with van der Waals surface area (Å²) in [6.45, 7) is 5.77. The van der Waals surface area contributed by atoms with Gasteiger partial charge in [0.25, 0.3) is 0 Å². The molecule has 2 heteroatoms. The fourth-order valence-electron chi connectivity index (χ4n) is 1.40. The largest absolute Gasteiger partial charge is 0.481 e.